The minimum Gasteiger partial charge on any atom is -0.0622 e. The Bertz CT molecular complexity index is 5160. The van der Waals surface area contributed by atoms with E-state index in [4.69, 9.17) is 0 Å². The van der Waals surface area contributed by atoms with Crippen LogP contribution in [0.5, 0.6) is 0 Å². The zero-order chi connectivity index (χ0) is 69.6. The fourth-order valence-electron chi connectivity index (χ4n) is 17.9. The van der Waals surface area contributed by atoms with Gasteiger partial charge in [0.05, 0.1) is 10.8 Å². The maximum absolute atomic E-state index is 2.41. The van der Waals surface area contributed by atoms with Gasteiger partial charge >= 0.3 is 0 Å². The Morgan fingerprint density at radius 1 is 0.178 bits per heavy atom. The first-order chi connectivity index (χ1) is 48.9. The van der Waals surface area contributed by atoms with Crippen LogP contribution in [-0.2, 0) is 29.1 Å². The Morgan fingerprint density at radius 3 is 0.782 bits per heavy atom. The largest absolute Gasteiger partial charge is 0.0725 e. The standard InChI is InChI=1S/C27H20.C27H22.C17H18.2C15H14/c1-17-11-13-21-22-14-12-18(2)16-26(22)27(25(21)15-17)23-9-5-3-7-19(23)20-8-4-6-10-24(20)27;1-19-13-15-23-24-16-14-20(2)18-26(24)27(25(23)17-19,21-9-5-3-6-10-21)22-11-7-4-8-12-22;1-11-5-7-13-14-8-6-12(2)10-16(14)17(3,4)15(13)9-11;1-10-3-5-14-12(7-10)9-13-8-11(2)4-6-15(13)14;1-10-3-5-12-9-13-6-4-11(2)8-15(13)14(12)7-10/h3-16H,1-2H3;3-18H,1-2H3;5-10H,1-4H3;2*3-8H,9H2,1-2H3. The molecule has 14 aromatic rings. The first kappa shape index (κ1) is 64.7. The first-order valence-corrected chi connectivity index (χ1v) is 36.3. The van der Waals surface area contributed by atoms with Gasteiger partial charge in [0.25, 0.3) is 0 Å². The van der Waals surface area contributed by atoms with Crippen LogP contribution in [0.1, 0.15) is 147 Å². The summed E-state index contributed by atoms with van der Waals surface area (Å²) in [4.78, 5) is 0. The van der Waals surface area contributed by atoms with Gasteiger partial charge in [-0.1, -0.05) is 361 Å². The van der Waals surface area contributed by atoms with Crippen molar-refractivity contribution in [1.29, 1.82) is 0 Å². The van der Waals surface area contributed by atoms with Crippen molar-refractivity contribution in [1.82, 2.24) is 0 Å². The van der Waals surface area contributed by atoms with Crippen LogP contribution in [0.25, 0.3) is 66.8 Å². The molecule has 0 saturated heterocycles. The predicted octanol–water partition coefficient (Wildman–Crippen LogP) is 25.7. The summed E-state index contributed by atoms with van der Waals surface area (Å²) in [6.45, 7) is 26.4. The third-order valence-corrected chi connectivity index (χ3v) is 22.6. The van der Waals surface area contributed by atoms with Crippen LogP contribution in [0.4, 0.5) is 0 Å². The third-order valence-electron chi connectivity index (χ3n) is 22.6. The van der Waals surface area contributed by atoms with Crippen molar-refractivity contribution in [3.05, 3.63) is 425 Å². The molecule has 0 N–H and O–H groups in total. The van der Waals surface area contributed by atoms with Gasteiger partial charge in [-0.25, -0.2) is 0 Å². The number of rotatable bonds is 2. The van der Waals surface area contributed by atoms with Crippen molar-refractivity contribution in [2.24, 2.45) is 0 Å². The first-order valence-electron chi connectivity index (χ1n) is 36.3. The van der Waals surface area contributed by atoms with E-state index in [0.717, 1.165) is 12.8 Å². The summed E-state index contributed by atoms with van der Waals surface area (Å²) in [6, 6.07) is 108. The number of hydrogen-bond acceptors (Lipinski definition) is 0. The van der Waals surface area contributed by atoms with Crippen LogP contribution in [0.2, 0.25) is 0 Å². The Morgan fingerprint density at radius 2 is 0.426 bits per heavy atom. The van der Waals surface area contributed by atoms with Crippen LogP contribution < -0.4 is 0 Å². The van der Waals surface area contributed by atoms with Crippen molar-refractivity contribution in [2.45, 2.75) is 112 Å². The van der Waals surface area contributed by atoms with E-state index >= 15 is 0 Å². The van der Waals surface area contributed by atoms with Gasteiger partial charge in [-0.05, 0) is 227 Å². The van der Waals surface area contributed by atoms with Gasteiger partial charge in [-0.2, -0.15) is 0 Å². The van der Waals surface area contributed by atoms with Gasteiger partial charge in [0, 0.05) is 5.41 Å². The molecular weight excluding hydrogens is 1210 g/mol. The zero-order valence-electron chi connectivity index (χ0n) is 60.6. The lowest BCUT2D eigenvalue weighted by atomic mass is 9.67. The van der Waals surface area contributed by atoms with E-state index in [0.29, 0.717) is 0 Å². The van der Waals surface area contributed by atoms with Crippen molar-refractivity contribution in [2.75, 3.05) is 0 Å². The summed E-state index contributed by atoms with van der Waals surface area (Å²) in [5.74, 6) is 0. The molecule has 0 bridgehead atoms. The van der Waals surface area contributed by atoms with Gasteiger partial charge in [-0.15, -0.1) is 0 Å². The number of aryl methyl sites for hydroxylation is 10. The molecule has 0 atom stereocenters. The molecule has 0 nitrogen and oxygen atoms in total. The third kappa shape index (κ3) is 10.9. The molecule has 0 heteroatoms. The van der Waals surface area contributed by atoms with Gasteiger partial charge in [-0.3, -0.25) is 0 Å². The summed E-state index contributed by atoms with van der Waals surface area (Å²) in [7, 11) is 0. The number of benzene rings is 14. The average Bonchev–Trinajstić information content (AvgIpc) is 1.51. The fraction of sp³-hybridized carbons (Fsp3) is 0.168. The summed E-state index contributed by atoms with van der Waals surface area (Å²) < 4.78 is 0. The Hall–Kier alpha value is -10.9. The highest BCUT2D eigenvalue weighted by atomic mass is 14.5. The molecular formula is C101H88. The molecule has 0 unspecified atom stereocenters. The second-order valence-electron chi connectivity index (χ2n) is 30.2. The molecule has 0 heterocycles. The summed E-state index contributed by atoms with van der Waals surface area (Å²) >= 11 is 0. The quantitative estimate of drug-likeness (QED) is 0.162. The lowest BCUT2D eigenvalue weighted by Gasteiger charge is -2.34. The molecule has 6 aliphatic carbocycles. The normalized spacial score (nSPS) is 13.9. The molecule has 0 fully saturated rings. The highest BCUT2D eigenvalue weighted by molar-refractivity contribution is 5.95. The van der Waals surface area contributed by atoms with E-state index in [9.17, 15) is 0 Å². The maximum atomic E-state index is 2.41. The smallest absolute Gasteiger partial charge is 0.0622 e. The minimum absolute atomic E-state index is 0.142. The second-order valence-corrected chi connectivity index (χ2v) is 30.2. The van der Waals surface area contributed by atoms with Crippen LogP contribution in [-0.4, -0.2) is 0 Å². The van der Waals surface area contributed by atoms with Crippen LogP contribution in [0, 0.1) is 69.2 Å². The molecule has 0 amide bonds. The lowest BCUT2D eigenvalue weighted by Crippen LogP contribution is -2.28. The predicted molar refractivity (Wildman–Crippen MR) is 427 cm³/mol. The van der Waals surface area contributed by atoms with Crippen molar-refractivity contribution >= 4 is 0 Å². The molecule has 0 radical (unpaired) electrons. The van der Waals surface area contributed by atoms with E-state index in [-0.39, 0.29) is 16.2 Å². The van der Waals surface area contributed by atoms with Crippen LogP contribution >= 0.6 is 0 Å². The highest BCUT2D eigenvalue weighted by Gasteiger charge is 2.52. The van der Waals surface area contributed by atoms with Crippen molar-refractivity contribution in [3.63, 3.8) is 0 Å². The minimum atomic E-state index is -0.273. The Labute approximate surface area is 599 Å². The monoisotopic (exact) mass is 1300 g/mol. The summed E-state index contributed by atoms with van der Waals surface area (Å²) in [5, 5.41) is 0. The van der Waals surface area contributed by atoms with E-state index < -0.39 is 0 Å². The highest BCUT2D eigenvalue weighted by Crippen LogP contribution is 2.63. The SMILES string of the molecule is Cc1ccc2c(c1)-c1cc(C)ccc1C2.Cc1ccc2c(c1)C(C)(C)c1cc(C)ccc1-2.Cc1ccc2c(c1)C(c1ccccc1)(c1ccccc1)c1cc(C)ccc1-2.Cc1ccc2c(c1)C1(c3ccccc3-c3ccccc31)c1cc(C)ccc1-2.Cc1ccc2c(c1)Cc1cc(C)ccc1-2. The molecule has 0 aromatic heterocycles. The van der Waals surface area contributed by atoms with Gasteiger partial charge in [0.1, 0.15) is 0 Å². The van der Waals surface area contributed by atoms with E-state index in [1.54, 1.807) is 0 Å². The Balaban J connectivity index is 0.000000101. The number of fused-ring (bicyclic) bond motifs is 22. The molecule has 0 aliphatic heterocycles. The topological polar surface area (TPSA) is 0 Å². The van der Waals surface area contributed by atoms with Crippen molar-refractivity contribution in [3.8, 4) is 66.8 Å². The van der Waals surface area contributed by atoms with E-state index in [1.165, 1.54) is 200 Å². The van der Waals surface area contributed by atoms with E-state index in [1.807, 2.05) is 0 Å². The second kappa shape index (κ2) is 25.4. The number of hydrogen-bond donors (Lipinski definition) is 0. The summed E-state index contributed by atoms with van der Waals surface area (Å²) in [6.07, 6.45) is 2.21. The maximum Gasteiger partial charge on any atom is 0.0725 e. The fourth-order valence-corrected chi connectivity index (χ4v) is 17.9. The molecule has 0 saturated carbocycles. The lowest BCUT2D eigenvalue weighted by molar-refractivity contribution is 0.659. The van der Waals surface area contributed by atoms with E-state index in [2.05, 4.69) is 374 Å². The average molecular weight is 1300 g/mol. The van der Waals surface area contributed by atoms with Crippen LogP contribution in [0.15, 0.2) is 291 Å². The molecule has 14 aromatic carbocycles. The molecule has 101 heavy (non-hydrogen) atoms. The van der Waals surface area contributed by atoms with Crippen LogP contribution in [0.3, 0.4) is 0 Å². The van der Waals surface area contributed by atoms with Crippen molar-refractivity contribution < 1.29 is 0 Å². The summed E-state index contributed by atoms with van der Waals surface area (Å²) in [5.41, 5.74) is 49.8. The molecule has 6 aliphatic rings. The van der Waals surface area contributed by atoms with Gasteiger partial charge < -0.3 is 0 Å². The molecule has 1 spiro atoms. The van der Waals surface area contributed by atoms with Gasteiger partial charge in [0.15, 0.2) is 0 Å². The van der Waals surface area contributed by atoms with Gasteiger partial charge in [0.2, 0.25) is 0 Å². The molecule has 20 rings (SSSR count). The zero-order valence-corrected chi connectivity index (χ0v) is 60.6. The Kier molecular flexibility index (Phi) is 16.3. The molecule has 492 valence electrons.